The Kier molecular flexibility index (Phi) is 5.91. The first-order valence-corrected chi connectivity index (χ1v) is 11.5. The van der Waals surface area contributed by atoms with Crippen LogP contribution < -0.4 is 10.0 Å². The van der Waals surface area contributed by atoms with Gasteiger partial charge in [0.15, 0.2) is 0 Å². The van der Waals surface area contributed by atoms with Crippen molar-refractivity contribution in [3.63, 3.8) is 0 Å². The number of carbonyl (C=O) groups is 1. The summed E-state index contributed by atoms with van der Waals surface area (Å²) in [6.45, 7) is 6.15. The number of hydrogen-bond acceptors (Lipinski definition) is 5. The van der Waals surface area contributed by atoms with E-state index in [1.54, 1.807) is 36.4 Å². The Balaban J connectivity index is 1.41. The van der Waals surface area contributed by atoms with Crippen molar-refractivity contribution in [1.29, 1.82) is 0 Å². The lowest BCUT2D eigenvalue weighted by molar-refractivity contribution is -0.120. The summed E-state index contributed by atoms with van der Waals surface area (Å²) in [7, 11) is -1.47. The molecule has 1 atom stereocenters. The van der Waals surface area contributed by atoms with Crippen LogP contribution >= 0.6 is 0 Å². The van der Waals surface area contributed by atoms with Crippen LogP contribution in [0.25, 0.3) is 11.4 Å². The Labute approximate surface area is 184 Å². The standard InChI is InChI=1S/C23H26N4O3S/c1-15(2)13-20-25-21(26-30-20)16-5-4-6-19(14-16)31(29)27-18-9-7-17(8-10-18)24-22(28)23(3)11-12-23/h4-10,14-15,27H,11-13H2,1-3H3,(H,24,28). The van der Waals surface area contributed by atoms with Crippen LogP contribution in [0.5, 0.6) is 0 Å². The molecule has 1 aliphatic rings. The highest BCUT2D eigenvalue weighted by molar-refractivity contribution is 7.86. The Morgan fingerprint density at radius 2 is 1.87 bits per heavy atom. The monoisotopic (exact) mass is 438 g/mol. The van der Waals surface area contributed by atoms with Gasteiger partial charge in [0.2, 0.25) is 17.6 Å². The maximum atomic E-state index is 12.8. The molecule has 0 saturated heterocycles. The quantitative estimate of drug-likeness (QED) is 0.526. The van der Waals surface area contributed by atoms with Crippen LogP contribution in [-0.2, 0) is 22.2 Å². The number of rotatable bonds is 8. The maximum absolute atomic E-state index is 12.8. The van der Waals surface area contributed by atoms with E-state index in [1.807, 2.05) is 19.1 Å². The molecule has 1 unspecified atom stereocenters. The molecule has 1 heterocycles. The maximum Gasteiger partial charge on any atom is 0.230 e. The zero-order chi connectivity index (χ0) is 22.0. The van der Waals surface area contributed by atoms with Crippen LogP contribution in [-0.4, -0.2) is 20.3 Å². The highest BCUT2D eigenvalue weighted by atomic mass is 32.2. The van der Waals surface area contributed by atoms with E-state index in [9.17, 15) is 9.00 Å². The number of amides is 1. The molecule has 1 saturated carbocycles. The molecule has 2 N–H and O–H groups in total. The first-order chi connectivity index (χ1) is 14.8. The van der Waals surface area contributed by atoms with Gasteiger partial charge in [-0.05, 0) is 55.2 Å². The van der Waals surface area contributed by atoms with Gasteiger partial charge >= 0.3 is 0 Å². The fourth-order valence-electron chi connectivity index (χ4n) is 3.04. The summed E-state index contributed by atoms with van der Waals surface area (Å²) in [4.78, 5) is 17.2. The molecule has 31 heavy (non-hydrogen) atoms. The van der Waals surface area contributed by atoms with Gasteiger partial charge in [-0.15, -0.1) is 0 Å². The van der Waals surface area contributed by atoms with Crippen molar-refractivity contribution < 1.29 is 13.5 Å². The molecular formula is C23H26N4O3S. The van der Waals surface area contributed by atoms with E-state index in [0.717, 1.165) is 30.5 Å². The number of anilines is 2. The second kappa shape index (κ2) is 8.63. The molecule has 1 fully saturated rings. The lowest BCUT2D eigenvalue weighted by atomic mass is 10.1. The predicted octanol–water partition coefficient (Wildman–Crippen LogP) is 4.81. The van der Waals surface area contributed by atoms with Gasteiger partial charge in [-0.3, -0.25) is 4.79 Å². The summed E-state index contributed by atoms with van der Waals surface area (Å²) in [5.41, 5.74) is 1.94. The second-order valence-electron chi connectivity index (χ2n) is 8.60. The van der Waals surface area contributed by atoms with Crippen LogP contribution in [0.15, 0.2) is 57.9 Å². The van der Waals surface area contributed by atoms with Crippen molar-refractivity contribution in [2.45, 2.75) is 44.9 Å². The van der Waals surface area contributed by atoms with Gasteiger partial charge in [0.05, 0.1) is 4.90 Å². The molecule has 7 nitrogen and oxygen atoms in total. The molecule has 8 heteroatoms. The molecule has 4 rings (SSSR count). The first-order valence-electron chi connectivity index (χ1n) is 10.4. The Morgan fingerprint density at radius 3 is 2.55 bits per heavy atom. The average molecular weight is 439 g/mol. The number of hydrogen-bond donors (Lipinski definition) is 2. The van der Waals surface area contributed by atoms with Crippen molar-refractivity contribution in [1.82, 2.24) is 10.1 Å². The molecule has 0 spiro atoms. The summed E-state index contributed by atoms with van der Waals surface area (Å²) in [5, 5.41) is 6.97. The third-order valence-corrected chi connectivity index (χ3v) is 6.36. The molecule has 1 aromatic heterocycles. The summed E-state index contributed by atoms with van der Waals surface area (Å²) in [5.74, 6) is 1.55. The molecule has 2 aromatic carbocycles. The minimum Gasteiger partial charge on any atom is -0.339 e. The van der Waals surface area contributed by atoms with Crippen LogP contribution in [0.3, 0.4) is 0 Å². The minimum absolute atomic E-state index is 0.0478. The number of nitrogens with zero attached hydrogens (tertiary/aromatic N) is 2. The Bertz CT molecular complexity index is 1100. The van der Waals surface area contributed by atoms with Crippen molar-refractivity contribution in [2.24, 2.45) is 11.3 Å². The molecule has 1 amide bonds. The van der Waals surface area contributed by atoms with E-state index in [4.69, 9.17) is 4.52 Å². The van der Waals surface area contributed by atoms with Gasteiger partial charge in [-0.25, -0.2) is 4.21 Å². The van der Waals surface area contributed by atoms with Crippen molar-refractivity contribution in [3.8, 4) is 11.4 Å². The Morgan fingerprint density at radius 1 is 1.16 bits per heavy atom. The zero-order valence-corrected chi connectivity index (χ0v) is 18.7. The van der Waals surface area contributed by atoms with Crippen molar-refractivity contribution >= 4 is 28.3 Å². The second-order valence-corrected chi connectivity index (χ2v) is 9.81. The predicted molar refractivity (Wildman–Crippen MR) is 121 cm³/mol. The number of benzene rings is 2. The van der Waals surface area contributed by atoms with Gasteiger partial charge in [0.25, 0.3) is 0 Å². The normalized spacial score (nSPS) is 15.5. The topological polar surface area (TPSA) is 97.1 Å². The largest absolute Gasteiger partial charge is 0.339 e. The van der Waals surface area contributed by atoms with E-state index in [1.165, 1.54) is 0 Å². The first kappa shape index (κ1) is 21.2. The van der Waals surface area contributed by atoms with Gasteiger partial charge in [-0.2, -0.15) is 4.98 Å². The molecule has 0 aliphatic heterocycles. The SMILES string of the molecule is CC(C)Cc1nc(-c2cccc(S(=O)Nc3ccc(NC(=O)C4(C)CC4)cc3)c2)no1. The molecule has 0 radical (unpaired) electrons. The minimum atomic E-state index is -1.47. The number of carbonyl (C=O) groups excluding carboxylic acids is 1. The van der Waals surface area contributed by atoms with Crippen molar-refractivity contribution in [2.75, 3.05) is 10.0 Å². The molecule has 1 aliphatic carbocycles. The van der Waals surface area contributed by atoms with Crippen LogP contribution in [0.4, 0.5) is 11.4 Å². The lowest BCUT2D eigenvalue weighted by Gasteiger charge is -2.11. The van der Waals surface area contributed by atoms with Gasteiger partial charge < -0.3 is 14.6 Å². The summed E-state index contributed by atoms with van der Waals surface area (Å²) < 4.78 is 21.1. The van der Waals surface area contributed by atoms with Gasteiger partial charge in [0, 0.05) is 28.8 Å². The molecule has 0 bridgehead atoms. The van der Waals surface area contributed by atoms with E-state index in [2.05, 4.69) is 34.0 Å². The van der Waals surface area contributed by atoms with E-state index < -0.39 is 11.0 Å². The van der Waals surface area contributed by atoms with E-state index in [0.29, 0.717) is 28.2 Å². The lowest BCUT2D eigenvalue weighted by Crippen LogP contribution is -2.21. The summed E-state index contributed by atoms with van der Waals surface area (Å²) in [6.07, 6.45) is 2.58. The average Bonchev–Trinajstić information content (AvgIpc) is 3.34. The fourth-order valence-corrected chi connectivity index (χ4v) is 3.94. The number of nitrogens with one attached hydrogen (secondary N) is 2. The van der Waals surface area contributed by atoms with Crippen LogP contribution in [0.1, 0.15) is 39.5 Å². The van der Waals surface area contributed by atoms with Gasteiger partial charge in [0.1, 0.15) is 11.0 Å². The molecular weight excluding hydrogens is 412 g/mol. The number of aromatic nitrogens is 2. The molecule has 162 valence electrons. The summed E-state index contributed by atoms with van der Waals surface area (Å²) in [6, 6.07) is 14.4. The highest BCUT2D eigenvalue weighted by Gasteiger charge is 2.44. The van der Waals surface area contributed by atoms with Crippen LogP contribution in [0.2, 0.25) is 0 Å². The Hall–Kier alpha value is -3.00. The van der Waals surface area contributed by atoms with Gasteiger partial charge in [-0.1, -0.05) is 38.1 Å². The van der Waals surface area contributed by atoms with E-state index in [-0.39, 0.29) is 11.3 Å². The summed E-state index contributed by atoms with van der Waals surface area (Å²) >= 11 is 0. The van der Waals surface area contributed by atoms with Crippen molar-refractivity contribution in [3.05, 3.63) is 54.4 Å². The smallest absolute Gasteiger partial charge is 0.230 e. The zero-order valence-electron chi connectivity index (χ0n) is 17.8. The third-order valence-electron chi connectivity index (χ3n) is 5.26. The highest BCUT2D eigenvalue weighted by Crippen LogP contribution is 2.45. The third kappa shape index (κ3) is 5.19. The van der Waals surface area contributed by atoms with Crippen LogP contribution in [0, 0.1) is 11.3 Å². The molecule has 3 aromatic rings. The fraction of sp³-hybridized carbons (Fsp3) is 0.348. The van der Waals surface area contributed by atoms with E-state index >= 15 is 0 Å².